The van der Waals surface area contributed by atoms with Crippen LogP contribution in [0.4, 0.5) is 8.78 Å². The molecule has 5 heteroatoms. The second kappa shape index (κ2) is 16.6. The number of unbranched alkanes of at least 4 members (excludes halogenated alkanes) is 7. The van der Waals surface area contributed by atoms with E-state index in [0.717, 1.165) is 31.2 Å². The lowest BCUT2D eigenvalue weighted by Gasteiger charge is -2.12. The molecule has 0 radical (unpaired) electrons. The maximum Gasteiger partial charge on any atom is 0.159 e. The van der Waals surface area contributed by atoms with E-state index in [4.69, 9.17) is 4.74 Å². The molecule has 0 spiro atoms. The SMILES string of the molecule is CCCCCCCCc1cnc(-c2ccc(OCC(F)CCC(F)CCCCC)cc2)nc1. The maximum atomic E-state index is 14.1. The summed E-state index contributed by atoms with van der Waals surface area (Å²) >= 11 is 0. The third kappa shape index (κ3) is 11.6. The number of nitrogens with zero attached hydrogens (tertiary/aromatic N) is 2. The molecule has 0 saturated heterocycles. The Labute approximate surface area is 199 Å². The standard InChI is InChI=1S/C28H42F2N2O/c1-3-5-7-8-9-11-12-23-20-31-28(32-21-23)24-14-18-27(19-15-24)33-22-26(30)17-16-25(29)13-10-6-4-2/h14-15,18-21,25-26H,3-13,16-17,22H2,1-2H3. The zero-order valence-corrected chi connectivity index (χ0v) is 20.6. The number of alkyl halides is 2. The lowest BCUT2D eigenvalue weighted by molar-refractivity contribution is 0.168. The maximum absolute atomic E-state index is 14.1. The zero-order valence-electron chi connectivity index (χ0n) is 20.6. The van der Waals surface area contributed by atoms with E-state index in [2.05, 4.69) is 23.8 Å². The van der Waals surface area contributed by atoms with Gasteiger partial charge < -0.3 is 4.74 Å². The molecule has 0 aliphatic carbocycles. The summed E-state index contributed by atoms with van der Waals surface area (Å²) in [7, 11) is 0. The number of hydrogen-bond acceptors (Lipinski definition) is 3. The molecule has 2 unspecified atom stereocenters. The van der Waals surface area contributed by atoms with Gasteiger partial charge in [0.2, 0.25) is 0 Å². The number of ether oxygens (including phenoxy) is 1. The molecule has 2 atom stereocenters. The van der Waals surface area contributed by atoms with Gasteiger partial charge in [0.1, 0.15) is 24.7 Å². The Hall–Kier alpha value is -2.04. The van der Waals surface area contributed by atoms with Crippen LogP contribution in [0.15, 0.2) is 36.7 Å². The summed E-state index contributed by atoms with van der Waals surface area (Å²) in [6.45, 7) is 4.28. The minimum absolute atomic E-state index is 0.0509. The van der Waals surface area contributed by atoms with Crippen LogP contribution in [-0.2, 0) is 6.42 Å². The van der Waals surface area contributed by atoms with Crippen molar-refractivity contribution in [3.8, 4) is 17.1 Å². The van der Waals surface area contributed by atoms with Crippen molar-refractivity contribution in [2.24, 2.45) is 0 Å². The molecule has 184 valence electrons. The third-order valence-electron chi connectivity index (χ3n) is 5.98. The van der Waals surface area contributed by atoms with Crippen molar-refractivity contribution in [1.82, 2.24) is 9.97 Å². The number of halogens is 2. The van der Waals surface area contributed by atoms with Crippen LogP contribution in [0.3, 0.4) is 0 Å². The number of hydrogen-bond donors (Lipinski definition) is 0. The third-order valence-corrected chi connectivity index (χ3v) is 5.98. The molecule has 0 aliphatic rings. The molecule has 2 rings (SSSR count). The molecule has 0 saturated carbocycles. The first-order valence-corrected chi connectivity index (χ1v) is 12.9. The molecule has 33 heavy (non-hydrogen) atoms. The highest BCUT2D eigenvalue weighted by Crippen LogP contribution is 2.21. The van der Waals surface area contributed by atoms with Gasteiger partial charge in [-0.2, -0.15) is 0 Å². The van der Waals surface area contributed by atoms with Crippen molar-refractivity contribution in [3.05, 3.63) is 42.2 Å². The molecule has 1 heterocycles. The lowest BCUT2D eigenvalue weighted by atomic mass is 10.1. The van der Waals surface area contributed by atoms with Gasteiger partial charge in [0, 0.05) is 18.0 Å². The molecule has 3 nitrogen and oxygen atoms in total. The number of aryl methyl sites for hydroxylation is 1. The predicted molar refractivity (Wildman–Crippen MR) is 133 cm³/mol. The first-order chi connectivity index (χ1) is 16.1. The van der Waals surface area contributed by atoms with Gasteiger partial charge in [-0.25, -0.2) is 18.7 Å². The largest absolute Gasteiger partial charge is 0.491 e. The quantitative estimate of drug-likeness (QED) is 0.209. The fraction of sp³-hybridized carbons (Fsp3) is 0.643. The number of rotatable bonds is 18. The smallest absolute Gasteiger partial charge is 0.159 e. The summed E-state index contributed by atoms with van der Waals surface area (Å²) in [6, 6.07) is 7.38. The van der Waals surface area contributed by atoms with Crippen molar-refractivity contribution in [2.75, 3.05) is 6.61 Å². The Morgan fingerprint density at radius 2 is 1.33 bits per heavy atom. The second-order valence-corrected chi connectivity index (χ2v) is 9.04. The van der Waals surface area contributed by atoms with Crippen molar-refractivity contribution < 1.29 is 13.5 Å². The minimum atomic E-state index is -1.16. The molecular formula is C28H42F2N2O. The Morgan fingerprint density at radius 3 is 2.03 bits per heavy atom. The van der Waals surface area contributed by atoms with Gasteiger partial charge in [-0.05, 0) is 61.9 Å². The topological polar surface area (TPSA) is 35.0 Å². The molecule has 0 N–H and O–H groups in total. The van der Waals surface area contributed by atoms with Gasteiger partial charge in [-0.15, -0.1) is 0 Å². The highest BCUT2D eigenvalue weighted by atomic mass is 19.1. The van der Waals surface area contributed by atoms with E-state index in [9.17, 15) is 8.78 Å². The Morgan fingerprint density at radius 1 is 0.727 bits per heavy atom. The van der Waals surface area contributed by atoms with Crippen LogP contribution in [0.2, 0.25) is 0 Å². The zero-order chi connectivity index (χ0) is 23.7. The molecule has 2 aromatic rings. The van der Waals surface area contributed by atoms with Crippen molar-refractivity contribution in [3.63, 3.8) is 0 Å². The van der Waals surface area contributed by atoms with Gasteiger partial charge in [0.05, 0.1) is 0 Å². The highest BCUT2D eigenvalue weighted by Gasteiger charge is 2.13. The van der Waals surface area contributed by atoms with Crippen LogP contribution in [-0.4, -0.2) is 28.9 Å². The molecule has 1 aromatic heterocycles. The van der Waals surface area contributed by atoms with Crippen LogP contribution in [0, 0.1) is 0 Å². The molecular weight excluding hydrogens is 418 g/mol. The lowest BCUT2D eigenvalue weighted by Crippen LogP contribution is -2.15. The first kappa shape index (κ1) is 27.2. The predicted octanol–water partition coefficient (Wildman–Crippen LogP) is 8.46. The van der Waals surface area contributed by atoms with Crippen LogP contribution >= 0.6 is 0 Å². The Balaban J connectivity index is 1.69. The first-order valence-electron chi connectivity index (χ1n) is 12.9. The van der Waals surface area contributed by atoms with Gasteiger partial charge in [-0.1, -0.05) is 65.2 Å². The van der Waals surface area contributed by atoms with Crippen LogP contribution in [0.25, 0.3) is 11.4 Å². The van der Waals surface area contributed by atoms with Crippen molar-refractivity contribution in [2.45, 2.75) is 110 Å². The van der Waals surface area contributed by atoms with Gasteiger partial charge >= 0.3 is 0 Å². The number of benzene rings is 1. The summed E-state index contributed by atoms with van der Waals surface area (Å²) in [5.41, 5.74) is 2.07. The van der Waals surface area contributed by atoms with E-state index in [1.54, 1.807) is 12.1 Å². The molecule has 1 aromatic carbocycles. The summed E-state index contributed by atoms with van der Waals surface area (Å²) in [5, 5.41) is 0. The molecule has 0 fully saturated rings. The highest BCUT2D eigenvalue weighted by molar-refractivity contribution is 5.55. The van der Waals surface area contributed by atoms with E-state index >= 15 is 0 Å². The van der Waals surface area contributed by atoms with E-state index in [-0.39, 0.29) is 19.4 Å². The Bertz CT molecular complexity index is 737. The summed E-state index contributed by atoms with van der Waals surface area (Å²) in [6.07, 6.45) is 14.4. The van der Waals surface area contributed by atoms with Crippen LogP contribution < -0.4 is 4.74 Å². The van der Waals surface area contributed by atoms with Crippen molar-refractivity contribution >= 4 is 0 Å². The average Bonchev–Trinajstić information content (AvgIpc) is 2.84. The molecule has 0 bridgehead atoms. The fourth-order valence-corrected chi connectivity index (χ4v) is 3.83. The summed E-state index contributed by atoms with van der Waals surface area (Å²) in [5.74, 6) is 1.27. The normalized spacial score (nSPS) is 13.1. The van der Waals surface area contributed by atoms with E-state index in [0.29, 0.717) is 18.0 Å². The Kier molecular flexibility index (Phi) is 13.6. The fourth-order valence-electron chi connectivity index (χ4n) is 3.83. The van der Waals surface area contributed by atoms with Gasteiger partial charge in [-0.3, -0.25) is 0 Å². The van der Waals surface area contributed by atoms with Crippen LogP contribution in [0.5, 0.6) is 5.75 Å². The van der Waals surface area contributed by atoms with Crippen molar-refractivity contribution in [1.29, 1.82) is 0 Å². The minimum Gasteiger partial charge on any atom is -0.491 e. The number of aromatic nitrogens is 2. The average molecular weight is 461 g/mol. The van der Waals surface area contributed by atoms with Crippen LogP contribution in [0.1, 0.15) is 96.5 Å². The summed E-state index contributed by atoms with van der Waals surface area (Å²) in [4.78, 5) is 9.00. The monoisotopic (exact) mass is 460 g/mol. The van der Waals surface area contributed by atoms with Gasteiger partial charge in [0.15, 0.2) is 5.82 Å². The van der Waals surface area contributed by atoms with E-state index in [1.807, 2.05) is 24.5 Å². The second-order valence-electron chi connectivity index (χ2n) is 9.04. The summed E-state index contributed by atoms with van der Waals surface area (Å²) < 4.78 is 33.4. The van der Waals surface area contributed by atoms with Gasteiger partial charge in [0.25, 0.3) is 0 Å². The molecule has 0 aliphatic heterocycles. The van der Waals surface area contributed by atoms with E-state index < -0.39 is 12.3 Å². The van der Waals surface area contributed by atoms with E-state index in [1.165, 1.54) is 44.1 Å². The molecule has 0 amide bonds.